The first kappa shape index (κ1) is 44.6. The summed E-state index contributed by atoms with van der Waals surface area (Å²) in [6.07, 6.45) is -5.16. The van der Waals surface area contributed by atoms with E-state index in [1.807, 2.05) is 6.08 Å². The minimum atomic E-state index is -4.99. The molecule has 1 spiro atoms. The molecular formula is C42H49F6N3O9S. The minimum absolute atomic E-state index is 0.00827. The Hall–Kier alpha value is -4.42. The first-order valence-electron chi connectivity index (χ1n) is 20.5. The Bertz CT molecular complexity index is 2270. The van der Waals surface area contributed by atoms with Gasteiger partial charge >= 0.3 is 18.3 Å². The van der Waals surface area contributed by atoms with E-state index in [1.165, 1.54) is 32.2 Å². The molecule has 4 heterocycles. The first-order valence-corrected chi connectivity index (χ1v) is 21.9. The maximum Gasteiger partial charge on any atom is 0.437 e. The maximum absolute atomic E-state index is 14.8. The van der Waals surface area contributed by atoms with Gasteiger partial charge in [-0.3, -0.25) is 23.9 Å². The molecule has 61 heavy (non-hydrogen) atoms. The number of fused-ring (bicyclic) bond motifs is 5. The Labute approximate surface area is 349 Å². The number of benzene rings is 1. The predicted molar refractivity (Wildman–Crippen MR) is 207 cm³/mol. The molecule has 1 saturated heterocycles. The average molecular weight is 886 g/mol. The normalized spacial score (nSPS) is 28.7. The lowest BCUT2D eigenvalue weighted by molar-refractivity contribution is -0.257. The summed E-state index contributed by atoms with van der Waals surface area (Å²) >= 11 is 0. The summed E-state index contributed by atoms with van der Waals surface area (Å²) in [6, 6.07) is 2.96. The lowest BCUT2D eigenvalue weighted by atomic mass is 9.85. The van der Waals surface area contributed by atoms with Gasteiger partial charge < -0.3 is 19.1 Å². The number of pyridine rings is 1. The molecule has 19 heteroatoms. The van der Waals surface area contributed by atoms with Crippen LogP contribution in [0.4, 0.5) is 26.3 Å². The lowest BCUT2D eigenvalue weighted by Crippen LogP contribution is -2.48. The Kier molecular flexibility index (Phi) is 11.3. The van der Waals surface area contributed by atoms with Crippen LogP contribution >= 0.6 is 0 Å². The topological polar surface area (TPSA) is 158 Å². The zero-order chi connectivity index (χ0) is 44.6. The number of aryl methyl sites for hydroxylation is 1. The molecule has 3 aliphatic heterocycles. The number of halogens is 6. The highest BCUT2D eigenvalue weighted by molar-refractivity contribution is 7.91. The molecule has 3 fully saturated rings. The molecule has 12 nitrogen and oxygen atoms in total. The maximum atomic E-state index is 14.8. The fourth-order valence-electron chi connectivity index (χ4n) is 8.88. The van der Waals surface area contributed by atoms with E-state index in [-0.39, 0.29) is 43.2 Å². The number of hydrogen-bond acceptors (Lipinski definition) is 10. The van der Waals surface area contributed by atoms with Gasteiger partial charge in [0.15, 0.2) is 17.2 Å². The van der Waals surface area contributed by atoms with Gasteiger partial charge in [0.1, 0.15) is 11.4 Å². The highest BCUT2D eigenvalue weighted by Gasteiger charge is 2.64. The van der Waals surface area contributed by atoms with Gasteiger partial charge in [-0.05, 0) is 96.3 Å². The van der Waals surface area contributed by atoms with Crippen LogP contribution in [0.25, 0.3) is 10.9 Å². The van der Waals surface area contributed by atoms with Crippen LogP contribution in [0.3, 0.4) is 0 Å². The molecule has 1 aromatic heterocycles. The SMILES string of the molecule is COc1ccc2nc(C(F)(F)F)c3c(c2c1)CC[C@]1(C[C@H]2C(=O)C[C@]4(C(=O)NS(=O)(=O)C5(C)CC5)C[C@H]4/C=C\CCCCC[C@H](CC(=O)OC(C)(C)C(F)(F)F)C(=O)N2C1)O3. The van der Waals surface area contributed by atoms with Gasteiger partial charge in [-0.15, -0.1) is 0 Å². The smallest absolute Gasteiger partial charge is 0.437 e. The number of carbonyl (C=O) groups is 4. The van der Waals surface area contributed by atoms with Crippen molar-refractivity contribution in [3.05, 3.63) is 41.6 Å². The zero-order valence-electron chi connectivity index (χ0n) is 34.3. The van der Waals surface area contributed by atoms with E-state index >= 15 is 0 Å². The molecule has 2 aliphatic carbocycles. The van der Waals surface area contributed by atoms with Crippen molar-refractivity contribution in [2.24, 2.45) is 17.3 Å². The van der Waals surface area contributed by atoms with E-state index in [9.17, 15) is 53.9 Å². The van der Waals surface area contributed by atoms with Crippen LogP contribution in [0, 0.1) is 17.3 Å². The second-order valence-corrected chi connectivity index (χ2v) is 20.3. The number of ketones is 1. The van der Waals surface area contributed by atoms with Crippen molar-refractivity contribution in [1.82, 2.24) is 14.6 Å². The molecule has 5 aliphatic rings. The molecule has 7 rings (SSSR count). The molecule has 334 valence electrons. The van der Waals surface area contributed by atoms with Crippen molar-refractivity contribution in [3.63, 3.8) is 0 Å². The number of alkyl halides is 6. The molecule has 2 saturated carbocycles. The number of Topliss-reactive ketones (excluding diaryl/α,β-unsaturated/α-hetero) is 1. The van der Waals surface area contributed by atoms with Crippen LogP contribution in [0.1, 0.15) is 109 Å². The number of hydrogen-bond donors (Lipinski definition) is 1. The number of amides is 2. The van der Waals surface area contributed by atoms with Crippen LogP contribution in [0.2, 0.25) is 0 Å². The summed E-state index contributed by atoms with van der Waals surface area (Å²) < 4.78 is 129. The third kappa shape index (κ3) is 8.55. The van der Waals surface area contributed by atoms with Crippen molar-refractivity contribution in [2.75, 3.05) is 13.7 Å². The Morgan fingerprint density at radius 1 is 1.03 bits per heavy atom. The van der Waals surface area contributed by atoms with Crippen LogP contribution in [0.5, 0.6) is 11.5 Å². The molecule has 0 unspecified atom stereocenters. The molecule has 1 N–H and O–H groups in total. The monoisotopic (exact) mass is 885 g/mol. The molecule has 2 amide bonds. The minimum Gasteiger partial charge on any atom is -0.497 e. The number of nitrogens with zero attached hydrogens (tertiary/aromatic N) is 2. The lowest BCUT2D eigenvalue weighted by Gasteiger charge is -2.37. The Morgan fingerprint density at radius 2 is 1.75 bits per heavy atom. The van der Waals surface area contributed by atoms with E-state index in [2.05, 4.69) is 9.71 Å². The third-order valence-electron chi connectivity index (χ3n) is 13.2. The Morgan fingerprint density at radius 3 is 2.41 bits per heavy atom. The molecular weight excluding hydrogens is 837 g/mol. The van der Waals surface area contributed by atoms with Crippen LogP contribution in [0.15, 0.2) is 30.4 Å². The van der Waals surface area contributed by atoms with Gasteiger partial charge in [0.05, 0.1) is 41.8 Å². The van der Waals surface area contributed by atoms with Crippen molar-refractivity contribution in [3.8, 4) is 11.5 Å². The second kappa shape index (κ2) is 15.4. The quantitative estimate of drug-likeness (QED) is 0.170. The number of nitrogens with one attached hydrogen (secondary N) is 1. The van der Waals surface area contributed by atoms with Crippen LogP contribution < -0.4 is 14.2 Å². The summed E-state index contributed by atoms with van der Waals surface area (Å²) in [5, 5.41) is 0.341. The fourth-order valence-corrected chi connectivity index (χ4v) is 10.2. The predicted octanol–water partition coefficient (Wildman–Crippen LogP) is 7.30. The van der Waals surface area contributed by atoms with Gasteiger partial charge in [0.25, 0.3) is 0 Å². The number of allylic oxidation sites excluding steroid dienone is 2. The van der Waals surface area contributed by atoms with E-state index in [0.29, 0.717) is 63.5 Å². The number of sulfonamides is 1. The number of rotatable bonds is 7. The molecule has 2 aromatic rings. The summed E-state index contributed by atoms with van der Waals surface area (Å²) in [4.78, 5) is 61.7. The standard InChI is InChI=1S/C42H49F6N3O9S/c1-37(2,42(46,47)48)59-32(53)18-24-10-8-6-5-7-9-11-25-20-40(25,36(55)50-61(56,57)38(3)16-17-38)22-31(52)30-21-39(23-51(30)35(24)54)15-14-27-28-19-26(58-4)12-13-29(28)49-34(33(27)60-39)41(43,44)45/h9,11-13,19,24-25,30H,5-8,10,14-18,20-23H2,1-4H3,(H,50,55)/b11-9-/t24-,25-,30+,39-,40-/m1/s1. The number of methoxy groups -OCH3 is 1. The number of carbonyl (C=O) groups excluding carboxylic acids is 4. The van der Waals surface area contributed by atoms with Crippen LogP contribution in [-0.2, 0) is 46.5 Å². The number of aromatic nitrogens is 1. The second-order valence-electron chi connectivity index (χ2n) is 18.1. The van der Waals surface area contributed by atoms with E-state index in [0.717, 1.165) is 4.90 Å². The average Bonchev–Trinajstić information content (AvgIpc) is 4.06. The van der Waals surface area contributed by atoms with Crippen molar-refractivity contribution in [1.29, 1.82) is 0 Å². The van der Waals surface area contributed by atoms with Gasteiger partial charge in [0.2, 0.25) is 27.4 Å². The largest absolute Gasteiger partial charge is 0.497 e. The third-order valence-corrected chi connectivity index (χ3v) is 15.4. The van der Waals surface area contributed by atoms with Crippen molar-refractivity contribution in [2.45, 2.75) is 139 Å². The van der Waals surface area contributed by atoms with E-state index in [1.54, 1.807) is 6.08 Å². The highest BCUT2D eigenvalue weighted by atomic mass is 32.2. The molecule has 0 bridgehead atoms. The molecule has 0 radical (unpaired) electrons. The van der Waals surface area contributed by atoms with Gasteiger partial charge in [-0.1, -0.05) is 25.0 Å². The summed E-state index contributed by atoms with van der Waals surface area (Å²) in [7, 11) is -2.73. The Balaban J connectivity index is 1.27. The summed E-state index contributed by atoms with van der Waals surface area (Å²) in [5.74, 6) is -5.75. The molecule has 5 atom stereocenters. The van der Waals surface area contributed by atoms with Crippen molar-refractivity contribution >= 4 is 44.5 Å². The van der Waals surface area contributed by atoms with Gasteiger partial charge in [-0.25, -0.2) is 13.4 Å². The zero-order valence-corrected chi connectivity index (χ0v) is 35.1. The fraction of sp³-hybridized carbons (Fsp3) is 0.643. The summed E-state index contributed by atoms with van der Waals surface area (Å²) in [6.45, 7) is 2.41. The number of ether oxygens (including phenoxy) is 3. The van der Waals surface area contributed by atoms with Crippen LogP contribution in [-0.4, -0.2) is 83.7 Å². The first-order chi connectivity index (χ1) is 28.3. The van der Waals surface area contributed by atoms with Gasteiger partial charge in [-0.2, -0.15) is 26.3 Å². The highest BCUT2D eigenvalue weighted by Crippen LogP contribution is 2.58. The summed E-state index contributed by atoms with van der Waals surface area (Å²) in [5.41, 5.74) is -7.12. The van der Waals surface area contributed by atoms with Crippen molar-refractivity contribution < 1.29 is 68.1 Å². The molecule has 1 aromatic carbocycles. The number of esters is 1. The van der Waals surface area contributed by atoms with Gasteiger partial charge in [0, 0.05) is 29.7 Å². The van der Waals surface area contributed by atoms with E-state index < -0.39 is 116 Å². The van der Waals surface area contributed by atoms with E-state index in [4.69, 9.17) is 14.2 Å².